The van der Waals surface area contributed by atoms with Crippen LogP contribution in [0, 0.1) is 16.7 Å². The van der Waals surface area contributed by atoms with Gasteiger partial charge in [0.15, 0.2) is 0 Å². The number of carbonyl (C=O) groups excluding carboxylic acids is 1. The van der Waals surface area contributed by atoms with Gasteiger partial charge < -0.3 is 19.9 Å². The topological polar surface area (TPSA) is 138 Å². The van der Waals surface area contributed by atoms with E-state index in [1.165, 1.54) is 19.2 Å². The zero-order valence-corrected chi connectivity index (χ0v) is 24.4. The maximum atomic E-state index is 13.4. The Kier molecular flexibility index (Phi) is 11.3. The van der Waals surface area contributed by atoms with Gasteiger partial charge in [0.25, 0.3) is 0 Å². The highest BCUT2D eigenvalue weighted by Gasteiger charge is 2.37. The Morgan fingerprint density at radius 1 is 1.03 bits per heavy atom. The number of sulfonamides is 1. The van der Waals surface area contributed by atoms with Crippen molar-refractivity contribution in [3.05, 3.63) is 60.2 Å². The van der Waals surface area contributed by atoms with Crippen LogP contribution in [0.3, 0.4) is 0 Å². The quantitative estimate of drug-likeness (QED) is 0.327. The molecule has 0 radical (unpaired) electrons. The number of alkyl carbamates (subject to hydrolysis) is 1. The summed E-state index contributed by atoms with van der Waals surface area (Å²) in [6.07, 6.45) is -0.812. The minimum absolute atomic E-state index is 0.00930. The smallest absolute Gasteiger partial charge is 0.407 e. The van der Waals surface area contributed by atoms with Crippen molar-refractivity contribution >= 4 is 16.1 Å². The van der Waals surface area contributed by atoms with Crippen LogP contribution in [0.5, 0.6) is 5.75 Å². The predicted molar refractivity (Wildman–Crippen MR) is 150 cm³/mol. The van der Waals surface area contributed by atoms with E-state index >= 15 is 0 Å². The third-order valence-electron chi connectivity index (χ3n) is 6.19. The summed E-state index contributed by atoms with van der Waals surface area (Å²) in [4.78, 5) is 12.8. The number of rotatable bonds is 13. The summed E-state index contributed by atoms with van der Waals surface area (Å²) in [6, 6.07) is 15.5. The van der Waals surface area contributed by atoms with Crippen LogP contribution in [-0.2, 0) is 21.2 Å². The van der Waals surface area contributed by atoms with Gasteiger partial charge in [0.2, 0.25) is 10.0 Å². The van der Waals surface area contributed by atoms with Gasteiger partial charge in [-0.15, -0.1) is 0 Å². The SMILES string of the molecule is COc1ccc(S(=O)(=O)NC(CC(C)(C)CCC#N)[C@H](O)[C@H](Cc2ccccc2)NC(=O)OC(C)(C)C)cc1. The molecule has 214 valence electrons. The van der Waals surface area contributed by atoms with Crippen LogP contribution in [0.25, 0.3) is 0 Å². The first kappa shape index (κ1) is 32.1. The molecule has 3 atom stereocenters. The number of nitrogens with zero attached hydrogens (tertiary/aromatic N) is 1. The van der Waals surface area contributed by atoms with E-state index in [0.717, 1.165) is 5.56 Å². The lowest BCUT2D eigenvalue weighted by atomic mass is 9.79. The lowest BCUT2D eigenvalue weighted by Crippen LogP contribution is -2.56. The summed E-state index contributed by atoms with van der Waals surface area (Å²) in [5.41, 5.74) is -0.410. The monoisotopic (exact) mass is 559 g/mol. The average Bonchev–Trinajstić information content (AvgIpc) is 2.85. The fourth-order valence-electron chi connectivity index (χ4n) is 4.21. The number of hydrogen-bond donors (Lipinski definition) is 3. The van der Waals surface area contributed by atoms with Gasteiger partial charge in [-0.3, -0.25) is 0 Å². The van der Waals surface area contributed by atoms with E-state index in [1.807, 2.05) is 44.2 Å². The van der Waals surface area contributed by atoms with Gasteiger partial charge >= 0.3 is 6.09 Å². The maximum Gasteiger partial charge on any atom is 0.407 e. The Balaban J connectivity index is 2.44. The van der Waals surface area contributed by atoms with Gasteiger partial charge in [0.05, 0.1) is 36.3 Å². The Morgan fingerprint density at radius 3 is 2.18 bits per heavy atom. The van der Waals surface area contributed by atoms with Gasteiger partial charge in [0.1, 0.15) is 11.4 Å². The van der Waals surface area contributed by atoms with E-state index in [0.29, 0.717) is 12.2 Å². The Morgan fingerprint density at radius 2 is 1.64 bits per heavy atom. The molecule has 0 saturated carbocycles. The Labute approximate surface area is 232 Å². The minimum atomic E-state index is -4.06. The highest BCUT2D eigenvalue weighted by atomic mass is 32.2. The highest BCUT2D eigenvalue weighted by molar-refractivity contribution is 7.89. The Bertz CT molecular complexity index is 1200. The first-order valence-electron chi connectivity index (χ1n) is 12.9. The van der Waals surface area contributed by atoms with Crippen molar-refractivity contribution < 1.29 is 27.8 Å². The molecular formula is C29H41N3O6S. The number of aliphatic hydroxyl groups excluding tert-OH is 1. The van der Waals surface area contributed by atoms with Crippen molar-refractivity contribution in [2.75, 3.05) is 7.11 Å². The molecule has 39 heavy (non-hydrogen) atoms. The number of ether oxygens (including phenoxy) is 2. The van der Waals surface area contributed by atoms with Gasteiger partial charge in [-0.2, -0.15) is 5.26 Å². The van der Waals surface area contributed by atoms with Crippen LogP contribution in [0.4, 0.5) is 4.79 Å². The van der Waals surface area contributed by atoms with Crippen molar-refractivity contribution in [3.8, 4) is 11.8 Å². The molecule has 1 unspecified atom stereocenters. The summed E-state index contributed by atoms with van der Waals surface area (Å²) in [5.74, 6) is 0.507. The largest absolute Gasteiger partial charge is 0.497 e. The molecule has 2 aromatic carbocycles. The Hall–Kier alpha value is -3.13. The molecule has 9 nitrogen and oxygen atoms in total. The van der Waals surface area contributed by atoms with Gasteiger partial charge in [0, 0.05) is 6.42 Å². The average molecular weight is 560 g/mol. The van der Waals surface area contributed by atoms with E-state index in [4.69, 9.17) is 14.7 Å². The number of aliphatic hydroxyl groups is 1. The van der Waals surface area contributed by atoms with Gasteiger partial charge in [-0.1, -0.05) is 44.2 Å². The van der Waals surface area contributed by atoms with Crippen molar-refractivity contribution in [1.29, 1.82) is 5.26 Å². The first-order chi connectivity index (χ1) is 18.2. The molecule has 1 amide bonds. The molecule has 0 aliphatic carbocycles. The molecule has 0 aromatic heterocycles. The summed E-state index contributed by atoms with van der Waals surface area (Å²) in [6.45, 7) is 9.04. The molecule has 2 aromatic rings. The molecule has 0 saturated heterocycles. The van der Waals surface area contributed by atoms with Crippen molar-refractivity contribution in [3.63, 3.8) is 0 Å². The molecule has 0 fully saturated rings. The number of hydrogen-bond acceptors (Lipinski definition) is 7. The molecule has 3 N–H and O–H groups in total. The molecule has 0 bridgehead atoms. The second-order valence-corrected chi connectivity index (χ2v) is 13.1. The third kappa shape index (κ3) is 10.9. The maximum absolute atomic E-state index is 13.4. The van der Waals surface area contributed by atoms with Crippen molar-refractivity contribution in [2.24, 2.45) is 5.41 Å². The summed E-state index contributed by atoms with van der Waals surface area (Å²) < 4.78 is 40.1. The lowest BCUT2D eigenvalue weighted by molar-refractivity contribution is 0.0349. The van der Waals surface area contributed by atoms with E-state index < -0.39 is 45.3 Å². The number of methoxy groups -OCH3 is 1. The van der Waals surface area contributed by atoms with Crippen molar-refractivity contribution in [1.82, 2.24) is 10.0 Å². The first-order valence-corrected chi connectivity index (χ1v) is 14.4. The summed E-state index contributed by atoms with van der Waals surface area (Å²) in [5, 5.41) is 23.5. The van der Waals surface area contributed by atoms with E-state index in [2.05, 4.69) is 16.1 Å². The molecule has 2 rings (SSSR count). The van der Waals surface area contributed by atoms with Crippen LogP contribution in [-0.4, -0.2) is 50.5 Å². The predicted octanol–water partition coefficient (Wildman–Crippen LogP) is 4.56. The fourth-order valence-corrected chi connectivity index (χ4v) is 5.46. The number of amides is 1. The van der Waals surface area contributed by atoms with Crippen LogP contribution < -0.4 is 14.8 Å². The lowest BCUT2D eigenvalue weighted by Gasteiger charge is -2.36. The van der Waals surface area contributed by atoms with E-state index in [-0.39, 0.29) is 24.2 Å². The molecule has 10 heteroatoms. The highest BCUT2D eigenvalue weighted by Crippen LogP contribution is 2.31. The number of benzene rings is 2. The normalized spacial score (nSPS) is 14.5. The summed E-state index contributed by atoms with van der Waals surface area (Å²) >= 11 is 0. The number of nitriles is 1. The number of carbonyl (C=O) groups is 1. The number of nitrogens with one attached hydrogen (secondary N) is 2. The molecule has 0 aliphatic rings. The van der Waals surface area contributed by atoms with Crippen LogP contribution >= 0.6 is 0 Å². The standard InChI is InChI=1S/C29H41N3O6S/c1-28(2,3)38-27(34)31-24(19-21-11-8-7-9-12-21)26(33)25(20-29(4,5)17-10-18-30)32-39(35,36)23-15-13-22(37-6)14-16-23/h7-9,11-16,24-26,32-33H,10,17,19-20H2,1-6H3,(H,31,34)/t24-,25?,26+/m0/s1. The minimum Gasteiger partial charge on any atom is -0.497 e. The zero-order valence-electron chi connectivity index (χ0n) is 23.6. The summed E-state index contributed by atoms with van der Waals surface area (Å²) in [7, 11) is -2.57. The van der Waals surface area contributed by atoms with Gasteiger partial charge in [-0.25, -0.2) is 17.9 Å². The molecular weight excluding hydrogens is 518 g/mol. The van der Waals surface area contributed by atoms with E-state index in [9.17, 15) is 18.3 Å². The second-order valence-electron chi connectivity index (χ2n) is 11.4. The van der Waals surface area contributed by atoms with Crippen LogP contribution in [0.2, 0.25) is 0 Å². The molecule has 0 spiro atoms. The van der Waals surface area contributed by atoms with Crippen LogP contribution in [0.15, 0.2) is 59.5 Å². The zero-order chi connectivity index (χ0) is 29.3. The molecule has 0 aliphatic heterocycles. The van der Waals surface area contributed by atoms with Crippen molar-refractivity contribution in [2.45, 2.75) is 89.0 Å². The molecule has 0 heterocycles. The second kappa shape index (κ2) is 13.8. The van der Waals surface area contributed by atoms with Gasteiger partial charge in [-0.05, 0) is 75.3 Å². The fraction of sp³-hybridized carbons (Fsp3) is 0.517. The third-order valence-corrected chi connectivity index (χ3v) is 7.69. The van der Waals surface area contributed by atoms with E-state index in [1.54, 1.807) is 32.9 Å². The van der Waals surface area contributed by atoms with Crippen LogP contribution in [0.1, 0.15) is 59.4 Å².